The molecule has 1 saturated heterocycles. The van der Waals surface area contributed by atoms with E-state index < -0.39 is 15.6 Å². The molecular weight excluding hydrogens is 294 g/mol. The summed E-state index contributed by atoms with van der Waals surface area (Å²) in [7, 11) is -1.75. The molecule has 0 radical (unpaired) electrons. The van der Waals surface area contributed by atoms with Crippen molar-refractivity contribution in [2.24, 2.45) is 0 Å². The molecule has 1 fully saturated rings. The molecule has 1 rings (SSSR count). The lowest BCUT2D eigenvalue weighted by Crippen LogP contribution is -2.61. The zero-order chi connectivity index (χ0) is 16.3. The van der Waals surface area contributed by atoms with Crippen molar-refractivity contribution in [3.8, 4) is 0 Å². The van der Waals surface area contributed by atoms with Gasteiger partial charge in [0.2, 0.25) is 10.0 Å². The molecule has 0 spiro atoms. The predicted molar refractivity (Wildman–Crippen MR) is 81.5 cm³/mol. The number of rotatable bonds is 6. The zero-order valence-corrected chi connectivity index (χ0v) is 14.4. The van der Waals surface area contributed by atoms with Gasteiger partial charge < -0.3 is 4.74 Å². The standard InChI is InChI=1S/C13H27N3O4S/c1-11(2)14-13(3,12(17)20-4)10-15-6-8-16(9-7-15)21(5,18)19/h11,14H,6-10H2,1-5H3. The Hall–Kier alpha value is -0.700. The smallest absolute Gasteiger partial charge is 0.327 e. The molecule has 1 unspecified atom stereocenters. The summed E-state index contributed by atoms with van der Waals surface area (Å²) >= 11 is 0. The number of hydrogen-bond donors (Lipinski definition) is 1. The predicted octanol–water partition coefficient (Wildman–Crippen LogP) is -0.507. The fourth-order valence-corrected chi connectivity index (χ4v) is 3.52. The molecule has 1 heterocycles. The number of esters is 1. The minimum absolute atomic E-state index is 0.145. The lowest BCUT2D eigenvalue weighted by Gasteiger charge is -2.39. The van der Waals surface area contributed by atoms with E-state index in [0.717, 1.165) is 0 Å². The van der Waals surface area contributed by atoms with E-state index in [9.17, 15) is 13.2 Å². The second-order valence-corrected chi connectivity index (χ2v) is 8.04. The van der Waals surface area contributed by atoms with Crippen molar-refractivity contribution < 1.29 is 17.9 Å². The molecule has 0 aliphatic carbocycles. The van der Waals surface area contributed by atoms with Gasteiger partial charge in [0.1, 0.15) is 5.54 Å². The number of nitrogens with one attached hydrogen (secondary N) is 1. The highest BCUT2D eigenvalue weighted by Gasteiger charge is 2.37. The third-order valence-corrected chi connectivity index (χ3v) is 4.89. The summed E-state index contributed by atoms with van der Waals surface area (Å²) in [5, 5.41) is 3.25. The van der Waals surface area contributed by atoms with Crippen LogP contribution < -0.4 is 5.32 Å². The van der Waals surface area contributed by atoms with Gasteiger partial charge in [-0.1, -0.05) is 0 Å². The second-order valence-electron chi connectivity index (χ2n) is 6.06. The van der Waals surface area contributed by atoms with Crippen molar-refractivity contribution in [1.29, 1.82) is 0 Å². The third kappa shape index (κ3) is 5.21. The number of ether oxygens (including phenoxy) is 1. The monoisotopic (exact) mass is 321 g/mol. The topological polar surface area (TPSA) is 79.0 Å². The van der Waals surface area contributed by atoms with Gasteiger partial charge in [0.05, 0.1) is 13.4 Å². The highest BCUT2D eigenvalue weighted by Crippen LogP contribution is 2.14. The zero-order valence-electron chi connectivity index (χ0n) is 13.5. The third-order valence-electron chi connectivity index (χ3n) is 3.58. The van der Waals surface area contributed by atoms with Gasteiger partial charge in [0, 0.05) is 38.8 Å². The number of nitrogens with zero attached hydrogens (tertiary/aromatic N) is 2. The molecule has 0 amide bonds. The first-order valence-electron chi connectivity index (χ1n) is 7.12. The van der Waals surface area contributed by atoms with Gasteiger partial charge in [-0.05, 0) is 20.8 Å². The summed E-state index contributed by atoms with van der Waals surface area (Å²) in [5.41, 5.74) is -0.795. The Kier molecular flexibility index (Phi) is 6.15. The Bertz CT molecular complexity index is 458. The van der Waals surface area contributed by atoms with Gasteiger partial charge in [0.25, 0.3) is 0 Å². The molecule has 1 aliphatic heterocycles. The molecule has 1 atom stereocenters. The average Bonchev–Trinajstić information content (AvgIpc) is 2.36. The highest BCUT2D eigenvalue weighted by molar-refractivity contribution is 7.88. The van der Waals surface area contributed by atoms with Gasteiger partial charge in [0.15, 0.2) is 0 Å². The first-order valence-corrected chi connectivity index (χ1v) is 8.97. The lowest BCUT2D eigenvalue weighted by molar-refractivity contribution is -0.149. The fraction of sp³-hybridized carbons (Fsp3) is 0.923. The van der Waals surface area contributed by atoms with E-state index in [1.807, 2.05) is 20.8 Å². The number of carbonyl (C=O) groups is 1. The summed E-state index contributed by atoms with van der Waals surface area (Å²) in [6.07, 6.45) is 1.22. The molecule has 0 aromatic rings. The van der Waals surface area contributed by atoms with Gasteiger partial charge in [-0.15, -0.1) is 0 Å². The van der Waals surface area contributed by atoms with Crippen molar-refractivity contribution in [2.75, 3.05) is 46.1 Å². The molecule has 0 saturated carbocycles. The number of piperazine rings is 1. The van der Waals surface area contributed by atoms with E-state index in [1.54, 1.807) is 0 Å². The van der Waals surface area contributed by atoms with Gasteiger partial charge in [-0.3, -0.25) is 15.0 Å². The highest BCUT2D eigenvalue weighted by atomic mass is 32.2. The van der Waals surface area contributed by atoms with Crippen molar-refractivity contribution in [3.05, 3.63) is 0 Å². The molecule has 8 heteroatoms. The summed E-state index contributed by atoms with van der Waals surface area (Å²) in [6, 6.07) is 0.145. The van der Waals surface area contributed by atoms with Crippen LogP contribution in [0.1, 0.15) is 20.8 Å². The maximum atomic E-state index is 12.0. The quantitative estimate of drug-likeness (QED) is 0.664. The maximum absolute atomic E-state index is 12.0. The van der Waals surface area contributed by atoms with Crippen LogP contribution in [-0.4, -0.2) is 81.3 Å². The minimum atomic E-state index is -3.13. The molecule has 124 valence electrons. The van der Waals surface area contributed by atoms with Crippen LogP contribution in [0.4, 0.5) is 0 Å². The van der Waals surface area contributed by atoms with Crippen LogP contribution in [0.25, 0.3) is 0 Å². The molecular formula is C13H27N3O4S. The van der Waals surface area contributed by atoms with Gasteiger partial charge >= 0.3 is 5.97 Å². The number of methoxy groups -OCH3 is 1. The van der Waals surface area contributed by atoms with Crippen LogP contribution in [0.15, 0.2) is 0 Å². The number of hydrogen-bond acceptors (Lipinski definition) is 6. The van der Waals surface area contributed by atoms with Crippen LogP contribution in [0, 0.1) is 0 Å². The Labute approximate surface area is 127 Å². The Morgan fingerprint density at radius 3 is 2.19 bits per heavy atom. The van der Waals surface area contributed by atoms with E-state index in [2.05, 4.69) is 10.2 Å². The first-order chi connectivity index (χ1) is 9.58. The summed E-state index contributed by atoms with van der Waals surface area (Å²) in [6.45, 7) is 8.40. The molecule has 7 nitrogen and oxygen atoms in total. The van der Waals surface area contributed by atoms with Crippen molar-refractivity contribution in [1.82, 2.24) is 14.5 Å². The van der Waals surface area contributed by atoms with Crippen molar-refractivity contribution >= 4 is 16.0 Å². The fourth-order valence-electron chi connectivity index (χ4n) is 2.70. The van der Waals surface area contributed by atoms with Crippen LogP contribution in [0.3, 0.4) is 0 Å². The SMILES string of the molecule is COC(=O)C(C)(CN1CCN(S(C)(=O)=O)CC1)NC(C)C. The van der Waals surface area contributed by atoms with Gasteiger partial charge in [-0.2, -0.15) is 4.31 Å². The maximum Gasteiger partial charge on any atom is 0.327 e. The van der Waals surface area contributed by atoms with E-state index in [4.69, 9.17) is 4.74 Å². The molecule has 1 aliphatic rings. The minimum Gasteiger partial charge on any atom is -0.468 e. The summed E-state index contributed by atoms with van der Waals surface area (Å²) in [4.78, 5) is 14.1. The van der Waals surface area contributed by atoms with E-state index >= 15 is 0 Å². The number of sulfonamides is 1. The van der Waals surface area contributed by atoms with E-state index in [0.29, 0.717) is 32.7 Å². The summed E-state index contributed by atoms with van der Waals surface area (Å²) < 4.78 is 29.4. The van der Waals surface area contributed by atoms with Crippen LogP contribution >= 0.6 is 0 Å². The lowest BCUT2D eigenvalue weighted by atomic mass is 10.00. The summed E-state index contributed by atoms with van der Waals surface area (Å²) in [5.74, 6) is -0.304. The van der Waals surface area contributed by atoms with Crippen LogP contribution in [0.2, 0.25) is 0 Å². The van der Waals surface area contributed by atoms with E-state index in [1.165, 1.54) is 17.7 Å². The van der Waals surface area contributed by atoms with Gasteiger partial charge in [-0.25, -0.2) is 8.42 Å². The molecule has 0 bridgehead atoms. The number of carbonyl (C=O) groups excluding carboxylic acids is 1. The second kappa shape index (κ2) is 7.04. The van der Waals surface area contributed by atoms with Crippen molar-refractivity contribution in [3.63, 3.8) is 0 Å². The molecule has 21 heavy (non-hydrogen) atoms. The molecule has 1 N–H and O–H groups in total. The first kappa shape index (κ1) is 18.3. The normalized spacial score (nSPS) is 21.2. The average molecular weight is 321 g/mol. The molecule has 0 aromatic heterocycles. The largest absolute Gasteiger partial charge is 0.468 e. The Morgan fingerprint density at radius 1 is 1.29 bits per heavy atom. The van der Waals surface area contributed by atoms with Crippen LogP contribution in [0.5, 0.6) is 0 Å². The van der Waals surface area contributed by atoms with Crippen LogP contribution in [-0.2, 0) is 19.6 Å². The molecule has 0 aromatic carbocycles. The van der Waals surface area contributed by atoms with E-state index in [-0.39, 0.29) is 12.0 Å². The van der Waals surface area contributed by atoms with Crippen molar-refractivity contribution in [2.45, 2.75) is 32.4 Å². The Morgan fingerprint density at radius 2 is 1.81 bits per heavy atom. The Balaban J connectivity index is 2.68.